The lowest BCUT2D eigenvalue weighted by Crippen LogP contribution is -2.17. The number of benzene rings is 1. The highest BCUT2D eigenvalue weighted by atomic mass is 16.1. The molecule has 2 rings (SSSR count). The molecule has 2 N–H and O–H groups in total. The van der Waals surface area contributed by atoms with Crippen molar-refractivity contribution in [3.8, 4) is 0 Å². The Morgan fingerprint density at radius 3 is 2.32 bits per heavy atom. The number of hydrogen-bond acceptors (Lipinski definition) is 5. The van der Waals surface area contributed by atoms with Crippen molar-refractivity contribution in [3.63, 3.8) is 0 Å². The van der Waals surface area contributed by atoms with Crippen LogP contribution in [-0.4, -0.2) is 57.1 Å². The van der Waals surface area contributed by atoms with E-state index in [-0.39, 0.29) is 5.91 Å². The second kappa shape index (κ2) is 9.03. The van der Waals surface area contributed by atoms with E-state index in [2.05, 4.69) is 34.6 Å². The second-order valence-corrected chi connectivity index (χ2v) is 6.41. The molecular formula is C19H27N5O. The van der Waals surface area contributed by atoms with Gasteiger partial charge in [0.1, 0.15) is 5.82 Å². The number of anilines is 3. The van der Waals surface area contributed by atoms with Crippen molar-refractivity contribution in [1.29, 1.82) is 0 Å². The van der Waals surface area contributed by atoms with Gasteiger partial charge < -0.3 is 20.4 Å². The highest BCUT2D eigenvalue weighted by molar-refractivity contribution is 6.04. The number of carbonyl (C=O) groups is 1. The van der Waals surface area contributed by atoms with Gasteiger partial charge in [0, 0.05) is 38.2 Å². The molecule has 2 aromatic rings. The van der Waals surface area contributed by atoms with E-state index < -0.39 is 0 Å². The third-order valence-electron chi connectivity index (χ3n) is 3.76. The number of nitrogens with one attached hydrogen (secondary N) is 2. The second-order valence-electron chi connectivity index (χ2n) is 6.41. The third-order valence-corrected chi connectivity index (χ3v) is 3.76. The van der Waals surface area contributed by atoms with Crippen molar-refractivity contribution >= 4 is 23.1 Å². The molecule has 0 aliphatic heterocycles. The van der Waals surface area contributed by atoms with Crippen molar-refractivity contribution < 1.29 is 4.79 Å². The van der Waals surface area contributed by atoms with Crippen LogP contribution in [0.4, 0.5) is 17.2 Å². The molecule has 0 unspecified atom stereocenters. The number of aromatic nitrogens is 1. The molecule has 0 aliphatic rings. The van der Waals surface area contributed by atoms with E-state index in [4.69, 9.17) is 0 Å². The minimum Gasteiger partial charge on any atom is -0.378 e. The average Bonchev–Trinajstić information content (AvgIpc) is 2.59. The highest BCUT2D eigenvalue weighted by Crippen LogP contribution is 2.16. The lowest BCUT2D eigenvalue weighted by Gasteiger charge is -2.13. The number of hydrogen-bond donors (Lipinski definition) is 2. The molecule has 6 heteroatoms. The fraction of sp³-hybridized carbons (Fsp3) is 0.368. The van der Waals surface area contributed by atoms with Gasteiger partial charge in [-0.05, 0) is 63.5 Å². The summed E-state index contributed by atoms with van der Waals surface area (Å²) < 4.78 is 0. The van der Waals surface area contributed by atoms with E-state index in [0.717, 1.165) is 36.7 Å². The molecule has 0 bridgehead atoms. The molecular weight excluding hydrogens is 314 g/mol. The smallest absolute Gasteiger partial charge is 0.257 e. The number of nitrogens with zero attached hydrogens (tertiary/aromatic N) is 3. The van der Waals surface area contributed by atoms with E-state index in [1.54, 1.807) is 12.3 Å². The largest absolute Gasteiger partial charge is 0.378 e. The van der Waals surface area contributed by atoms with Crippen LogP contribution in [0.5, 0.6) is 0 Å². The van der Waals surface area contributed by atoms with Crippen molar-refractivity contribution in [2.45, 2.75) is 6.42 Å². The van der Waals surface area contributed by atoms with Gasteiger partial charge in [-0.15, -0.1) is 0 Å². The zero-order chi connectivity index (χ0) is 18.2. The minimum atomic E-state index is -0.163. The van der Waals surface area contributed by atoms with Gasteiger partial charge in [-0.3, -0.25) is 4.79 Å². The summed E-state index contributed by atoms with van der Waals surface area (Å²) in [5.74, 6) is 0.620. The van der Waals surface area contributed by atoms with E-state index in [0.29, 0.717) is 5.56 Å². The van der Waals surface area contributed by atoms with Crippen LogP contribution >= 0.6 is 0 Å². The molecule has 1 amide bonds. The number of carbonyl (C=O) groups excluding carboxylic acids is 1. The Morgan fingerprint density at radius 1 is 1.04 bits per heavy atom. The lowest BCUT2D eigenvalue weighted by molar-refractivity contribution is 0.102. The zero-order valence-electron chi connectivity index (χ0n) is 15.4. The van der Waals surface area contributed by atoms with E-state index in [1.165, 1.54) is 0 Å². The van der Waals surface area contributed by atoms with Gasteiger partial charge >= 0.3 is 0 Å². The Morgan fingerprint density at radius 2 is 1.76 bits per heavy atom. The first kappa shape index (κ1) is 18.7. The fourth-order valence-corrected chi connectivity index (χ4v) is 2.29. The van der Waals surface area contributed by atoms with Gasteiger partial charge in [0.25, 0.3) is 5.91 Å². The fourth-order valence-electron chi connectivity index (χ4n) is 2.29. The van der Waals surface area contributed by atoms with Crippen molar-refractivity contribution in [1.82, 2.24) is 9.88 Å². The maximum atomic E-state index is 12.3. The van der Waals surface area contributed by atoms with E-state index in [9.17, 15) is 4.79 Å². The van der Waals surface area contributed by atoms with Crippen LogP contribution in [0, 0.1) is 0 Å². The summed E-state index contributed by atoms with van der Waals surface area (Å²) in [6.07, 6.45) is 2.64. The standard InChI is InChI=1S/C19H27N5O/c1-23(2)13-5-12-20-18-11-6-15(14-21-18)19(25)22-16-7-9-17(10-8-16)24(3)4/h6-11,14H,5,12-13H2,1-4H3,(H,20,21)(H,22,25). The molecule has 1 aromatic carbocycles. The van der Waals surface area contributed by atoms with Crippen LogP contribution in [-0.2, 0) is 0 Å². The first-order chi connectivity index (χ1) is 12.0. The van der Waals surface area contributed by atoms with Crippen molar-refractivity contribution in [3.05, 3.63) is 48.2 Å². The van der Waals surface area contributed by atoms with Crippen LogP contribution in [0.3, 0.4) is 0 Å². The zero-order valence-corrected chi connectivity index (χ0v) is 15.4. The van der Waals surface area contributed by atoms with Gasteiger partial charge in [0.2, 0.25) is 0 Å². The molecule has 0 saturated carbocycles. The normalized spacial score (nSPS) is 10.6. The molecule has 0 saturated heterocycles. The monoisotopic (exact) mass is 341 g/mol. The average molecular weight is 341 g/mol. The molecule has 6 nitrogen and oxygen atoms in total. The van der Waals surface area contributed by atoms with Crippen LogP contribution in [0.1, 0.15) is 16.8 Å². The van der Waals surface area contributed by atoms with Crippen molar-refractivity contribution in [2.24, 2.45) is 0 Å². The quantitative estimate of drug-likeness (QED) is 0.723. The van der Waals surface area contributed by atoms with Crippen LogP contribution < -0.4 is 15.5 Å². The summed E-state index contributed by atoms with van der Waals surface area (Å²) in [6.45, 7) is 1.88. The van der Waals surface area contributed by atoms with E-state index in [1.807, 2.05) is 49.3 Å². The third kappa shape index (κ3) is 6.08. The molecule has 0 fully saturated rings. The molecule has 0 aliphatic carbocycles. The molecule has 0 atom stereocenters. The molecule has 25 heavy (non-hydrogen) atoms. The Balaban J connectivity index is 1.87. The molecule has 1 aromatic heterocycles. The Bertz CT molecular complexity index is 665. The number of amides is 1. The van der Waals surface area contributed by atoms with Crippen LogP contribution in [0.2, 0.25) is 0 Å². The summed E-state index contributed by atoms with van der Waals surface area (Å²) >= 11 is 0. The first-order valence-electron chi connectivity index (χ1n) is 8.39. The predicted molar refractivity (Wildman–Crippen MR) is 105 cm³/mol. The Labute approximate surface area is 149 Å². The summed E-state index contributed by atoms with van der Waals surface area (Å²) in [6, 6.07) is 11.3. The molecule has 1 heterocycles. The summed E-state index contributed by atoms with van der Waals surface area (Å²) in [7, 11) is 8.07. The van der Waals surface area contributed by atoms with Gasteiger partial charge in [-0.1, -0.05) is 0 Å². The van der Waals surface area contributed by atoms with Gasteiger partial charge in [0.05, 0.1) is 5.56 Å². The molecule has 0 radical (unpaired) electrons. The first-order valence-corrected chi connectivity index (χ1v) is 8.39. The molecule has 0 spiro atoms. The topological polar surface area (TPSA) is 60.5 Å². The van der Waals surface area contributed by atoms with Crippen LogP contribution in [0.25, 0.3) is 0 Å². The summed E-state index contributed by atoms with van der Waals surface area (Å²) in [4.78, 5) is 20.8. The maximum absolute atomic E-state index is 12.3. The van der Waals surface area contributed by atoms with Gasteiger partial charge in [0.15, 0.2) is 0 Å². The number of pyridine rings is 1. The van der Waals surface area contributed by atoms with E-state index >= 15 is 0 Å². The highest BCUT2D eigenvalue weighted by Gasteiger charge is 2.07. The molecule has 134 valence electrons. The summed E-state index contributed by atoms with van der Waals surface area (Å²) in [5.41, 5.74) is 2.39. The van der Waals surface area contributed by atoms with Gasteiger partial charge in [-0.2, -0.15) is 0 Å². The Kier molecular flexibility index (Phi) is 6.77. The maximum Gasteiger partial charge on any atom is 0.257 e. The lowest BCUT2D eigenvalue weighted by atomic mass is 10.2. The Hall–Kier alpha value is -2.60. The summed E-state index contributed by atoms with van der Waals surface area (Å²) in [5, 5.41) is 6.14. The SMILES string of the molecule is CN(C)CCCNc1ccc(C(=O)Nc2ccc(N(C)C)cc2)cn1. The number of rotatable bonds is 8. The minimum absolute atomic E-state index is 0.163. The van der Waals surface area contributed by atoms with Crippen molar-refractivity contribution in [2.75, 3.05) is 56.8 Å². The predicted octanol–water partition coefficient (Wildman–Crippen LogP) is 2.76. The van der Waals surface area contributed by atoms with Crippen LogP contribution in [0.15, 0.2) is 42.6 Å². The van der Waals surface area contributed by atoms with Gasteiger partial charge in [-0.25, -0.2) is 4.98 Å².